The molecule has 3 N–H and O–H groups in total. The number of para-hydroxylation sites is 1. The van der Waals surface area contributed by atoms with Crippen molar-refractivity contribution < 1.29 is 14.4 Å². The molecule has 0 bridgehead atoms. The smallest absolute Gasteiger partial charge is 0.250 e. The van der Waals surface area contributed by atoms with Crippen LogP contribution in [-0.4, -0.2) is 36.3 Å². The Morgan fingerprint density at radius 3 is 2.51 bits per heavy atom. The summed E-state index contributed by atoms with van der Waals surface area (Å²) >= 11 is 0. The number of benzene rings is 2. The number of amides is 3. The lowest BCUT2D eigenvalue weighted by molar-refractivity contribution is -0.128. The van der Waals surface area contributed by atoms with Crippen LogP contribution in [0.1, 0.15) is 56.7 Å². The third-order valence-corrected chi connectivity index (χ3v) is 6.93. The van der Waals surface area contributed by atoms with Crippen LogP contribution in [0.3, 0.4) is 0 Å². The van der Waals surface area contributed by atoms with Gasteiger partial charge in [0.1, 0.15) is 6.04 Å². The summed E-state index contributed by atoms with van der Waals surface area (Å²) < 4.78 is 0. The maximum absolute atomic E-state index is 13.9. The molecule has 1 fully saturated rings. The molecule has 2 aliphatic heterocycles. The van der Waals surface area contributed by atoms with Gasteiger partial charge in [-0.3, -0.25) is 14.4 Å². The highest BCUT2D eigenvalue weighted by molar-refractivity contribution is 6.08. The largest absolute Gasteiger partial charge is 0.343 e. The molecule has 186 valence electrons. The minimum absolute atomic E-state index is 0.0786. The van der Waals surface area contributed by atoms with Crippen molar-refractivity contribution in [1.82, 2.24) is 5.32 Å². The van der Waals surface area contributed by atoms with Gasteiger partial charge in [0.25, 0.3) is 0 Å². The fourth-order valence-corrected chi connectivity index (χ4v) is 5.17. The molecule has 3 amide bonds. The summed E-state index contributed by atoms with van der Waals surface area (Å²) in [6, 6.07) is 12.6. The first-order chi connectivity index (χ1) is 16.8. The van der Waals surface area contributed by atoms with E-state index in [2.05, 4.69) is 18.3 Å². The Labute approximate surface area is 207 Å². The van der Waals surface area contributed by atoms with Crippen LogP contribution in [0, 0.1) is 5.92 Å². The van der Waals surface area contributed by atoms with E-state index >= 15 is 0 Å². The number of aryl methyl sites for hydroxylation is 1. The number of hydrogen-bond acceptors (Lipinski definition) is 4. The third-order valence-electron chi connectivity index (χ3n) is 6.93. The number of rotatable bonds is 8. The van der Waals surface area contributed by atoms with Gasteiger partial charge in [-0.1, -0.05) is 57.2 Å². The van der Waals surface area contributed by atoms with Gasteiger partial charge in [0, 0.05) is 19.4 Å². The van der Waals surface area contributed by atoms with E-state index in [1.165, 1.54) is 5.56 Å². The molecular formula is C28H36N4O3. The van der Waals surface area contributed by atoms with E-state index in [9.17, 15) is 14.4 Å². The standard InChI is InChI=1S/C28H36N4O3/c1-4-19-9-5-6-10-21(19)17-32-26-20(11-7-12-24(26)31-14-8-13-25(31)33)16-23(28(32)35)30-27(34)22(29)15-18(2)3/h5-7,9-12,18,22-23H,4,8,13-17,29H2,1-3H3,(H,30,34)/t22-,23?/m1/s1. The highest BCUT2D eigenvalue weighted by Gasteiger charge is 2.38. The molecule has 2 heterocycles. The Morgan fingerprint density at radius 1 is 1.11 bits per heavy atom. The first-order valence-corrected chi connectivity index (χ1v) is 12.7. The van der Waals surface area contributed by atoms with E-state index in [4.69, 9.17) is 5.73 Å². The zero-order valence-electron chi connectivity index (χ0n) is 20.9. The van der Waals surface area contributed by atoms with E-state index in [-0.39, 0.29) is 23.6 Å². The number of fused-ring (bicyclic) bond motifs is 1. The number of nitrogens with two attached hydrogens (primary N) is 1. The van der Waals surface area contributed by atoms with E-state index in [0.29, 0.717) is 32.4 Å². The first kappa shape index (κ1) is 24.9. The van der Waals surface area contributed by atoms with Gasteiger partial charge in [-0.05, 0) is 47.9 Å². The minimum atomic E-state index is -0.702. The van der Waals surface area contributed by atoms with Crippen molar-refractivity contribution in [3.05, 3.63) is 59.2 Å². The van der Waals surface area contributed by atoms with Crippen LogP contribution in [0.5, 0.6) is 0 Å². The third kappa shape index (κ3) is 5.25. The Morgan fingerprint density at radius 2 is 1.86 bits per heavy atom. The van der Waals surface area contributed by atoms with Gasteiger partial charge in [0.05, 0.1) is 24.0 Å². The predicted octanol–water partition coefficient (Wildman–Crippen LogP) is 3.32. The molecule has 2 aromatic carbocycles. The summed E-state index contributed by atoms with van der Waals surface area (Å²) in [5, 5.41) is 2.92. The summed E-state index contributed by atoms with van der Waals surface area (Å²) in [5.41, 5.74) is 10.8. The van der Waals surface area contributed by atoms with Crippen molar-refractivity contribution in [2.24, 2.45) is 11.7 Å². The average molecular weight is 477 g/mol. The summed E-state index contributed by atoms with van der Waals surface area (Å²) in [4.78, 5) is 42.9. The van der Waals surface area contributed by atoms with Crippen LogP contribution in [0.4, 0.5) is 11.4 Å². The number of hydrogen-bond donors (Lipinski definition) is 2. The van der Waals surface area contributed by atoms with Gasteiger partial charge >= 0.3 is 0 Å². The molecular weight excluding hydrogens is 440 g/mol. The molecule has 7 nitrogen and oxygen atoms in total. The normalized spacial score (nSPS) is 18.7. The number of nitrogens with zero attached hydrogens (tertiary/aromatic N) is 2. The number of nitrogens with one attached hydrogen (secondary N) is 1. The molecule has 0 saturated carbocycles. The average Bonchev–Trinajstić information content (AvgIpc) is 3.26. The number of anilines is 2. The van der Waals surface area contributed by atoms with E-state index in [0.717, 1.165) is 35.3 Å². The van der Waals surface area contributed by atoms with Gasteiger partial charge in [0.15, 0.2) is 0 Å². The topological polar surface area (TPSA) is 95.7 Å². The molecule has 1 saturated heterocycles. The summed E-state index contributed by atoms with van der Waals surface area (Å²) in [5.74, 6) is -0.121. The Kier molecular flexibility index (Phi) is 7.55. The maximum atomic E-state index is 13.9. The molecule has 0 aromatic heterocycles. The number of carbonyl (C=O) groups is 3. The Bertz CT molecular complexity index is 1110. The van der Waals surface area contributed by atoms with Gasteiger partial charge in [-0.25, -0.2) is 0 Å². The fourth-order valence-electron chi connectivity index (χ4n) is 5.17. The van der Waals surface area contributed by atoms with Crippen molar-refractivity contribution in [2.45, 2.75) is 71.5 Å². The molecule has 2 aliphatic rings. The molecule has 2 atom stereocenters. The van der Waals surface area contributed by atoms with Crippen LogP contribution in [0.25, 0.3) is 0 Å². The Hall–Kier alpha value is -3.19. The maximum Gasteiger partial charge on any atom is 0.250 e. The first-order valence-electron chi connectivity index (χ1n) is 12.7. The van der Waals surface area contributed by atoms with Gasteiger partial charge < -0.3 is 20.9 Å². The van der Waals surface area contributed by atoms with Crippen molar-refractivity contribution in [3.63, 3.8) is 0 Å². The lowest BCUT2D eigenvalue weighted by Gasteiger charge is -2.38. The molecule has 1 unspecified atom stereocenters. The molecule has 0 aliphatic carbocycles. The zero-order chi connectivity index (χ0) is 25.1. The predicted molar refractivity (Wildman–Crippen MR) is 138 cm³/mol. The fraction of sp³-hybridized carbons (Fsp3) is 0.464. The monoisotopic (exact) mass is 476 g/mol. The van der Waals surface area contributed by atoms with Crippen molar-refractivity contribution >= 4 is 29.1 Å². The van der Waals surface area contributed by atoms with E-state index in [1.54, 1.807) is 9.80 Å². The lowest BCUT2D eigenvalue weighted by Crippen LogP contribution is -2.56. The zero-order valence-corrected chi connectivity index (χ0v) is 20.9. The molecule has 35 heavy (non-hydrogen) atoms. The molecule has 0 radical (unpaired) electrons. The van der Waals surface area contributed by atoms with Crippen molar-refractivity contribution in [3.8, 4) is 0 Å². The van der Waals surface area contributed by atoms with Gasteiger partial charge in [0.2, 0.25) is 17.7 Å². The molecule has 2 aromatic rings. The van der Waals surface area contributed by atoms with Gasteiger partial charge in [-0.15, -0.1) is 0 Å². The Balaban J connectivity index is 1.72. The van der Waals surface area contributed by atoms with E-state index in [1.807, 2.05) is 50.2 Å². The minimum Gasteiger partial charge on any atom is -0.343 e. The SMILES string of the molecule is CCc1ccccc1CN1C(=O)C(NC(=O)[C@H](N)CC(C)C)Cc2cccc(N3CCCC3=O)c21. The van der Waals surface area contributed by atoms with Crippen LogP contribution in [-0.2, 0) is 33.8 Å². The van der Waals surface area contributed by atoms with Crippen LogP contribution in [0.2, 0.25) is 0 Å². The number of carbonyl (C=O) groups excluding carboxylic acids is 3. The molecule has 0 spiro atoms. The highest BCUT2D eigenvalue weighted by atomic mass is 16.2. The summed E-state index contributed by atoms with van der Waals surface area (Å²) in [7, 11) is 0. The second-order valence-electron chi connectivity index (χ2n) is 9.98. The second kappa shape index (κ2) is 10.6. The molecule has 4 rings (SSSR count). The summed E-state index contributed by atoms with van der Waals surface area (Å²) in [6.07, 6.45) is 3.10. The van der Waals surface area contributed by atoms with E-state index < -0.39 is 12.1 Å². The molecule has 7 heteroatoms. The van der Waals surface area contributed by atoms with Gasteiger partial charge in [-0.2, -0.15) is 0 Å². The highest BCUT2D eigenvalue weighted by Crippen LogP contribution is 2.40. The summed E-state index contributed by atoms with van der Waals surface area (Å²) in [6.45, 7) is 7.15. The van der Waals surface area contributed by atoms with Crippen molar-refractivity contribution in [2.75, 3.05) is 16.3 Å². The van der Waals surface area contributed by atoms with Crippen LogP contribution < -0.4 is 20.9 Å². The lowest BCUT2D eigenvalue weighted by atomic mass is 9.93. The second-order valence-corrected chi connectivity index (χ2v) is 9.98. The van der Waals surface area contributed by atoms with Crippen molar-refractivity contribution in [1.29, 1.82) is 0 Å². The quantitative estimate of drug-likeness (QED) is 0.611. The van der Waals surface area contributed by atoms with Crippen LogP contribution in [0.15, 0.2) is 42.5 Å². The van der Waals surface area contributed by atoms with Crippen LogP contribution >= 0.6 is 0 Å².